The number of aromatic nitrogens is 2. The van der Waals surface area contributed by atoms with Crippen LogP contribution in [0.3, 0.4) is 0 Å². The fourth-order valence-electron chi connectivity index (χ4n) is 4.11. The molecule has 4 atom stereocenters. The van der Waals surface area contributed by atoms with Crippen molar-refractivity contribution in [3.05, 3.63) is 54.0 Å². The van der Waals surface area contributed by atoms with Crippen LogP contribution in [0.25, 0.3) is 5.57 Å². The molecule has 0 spiro atoms. The van der Waals surface area contributed by atoms with E-state index in [1.54, 1.807) is 13.8 Å². The normalized spacial score (nSPS) is 26.6. The number of hydrogen-bond donors (Lipinski definition) is 1. The number of amides is 1. The van der Waals surface area contributed by atoms with Crippen molar-refractivity contribution in [1.29, 1.82) is 0 Å². The summed E-state index contributed by atoms with van der Waals surface area (Å²) in [4.78, 5) is 21.8. The first-order chi connectivity index (χ1) is 16.4. The average Bonchev–Trinajstić information content (AvgIpc) is 3.32. The lowest BCUT2D eigenvalue weighted by Gasteiger charge is -2.16. The molecule has 2 fully saturated rings. The molecule has 1 N–H and O–H groups in total. The number of nitrogens with one attached hydrogen (secondary N) is 1. The van der Waals surface area contributed by atoms with Crippen LogP contribution in [0.2, 0.25) is 0 Å². The third-order valence-corrected chi connectivity index (χ3v) is 7.07. The van der Waals surface area contributed by atoms with Gasteiger partial charge in [0.05, 0.1) is 29.6 Å². The number of alkyl halides is 2. The molecule has 1 aliphatic heterocycles. The summed E-state index contributed by atoms with van der Waals surface area (Å²) in [7, 11) is -3.43. The summed E-state index contributed by atoms with van der Waals surface area (Å²) in [5.41, 5.74) is 1.13. The second-order valence-corrected chi connectivity index (χ2v) is 11.3. The number of nitrogens with zero attached hydrogens (tertiary/aromatic N) is 2. The van der Waals surface area contributed by atoms with Crippen LogP contribution in [-0.4, -0.2) is 55.3 Å². The number of carbonyl (C=O) groups is 1. The number of rotatable bonds is 6. The molecule has 2 aromatic rings. The van der Waals surface area contributed by atoms with Gasteiger partial charge in [-0.15, -0.1) is 0 Å². The molecule has 188 valence electrons. The van der Waals surface area contributed by atoms with Crippen LogP contribution in [0.5, 0.6) is 0 Å². The van der Waals surface area contributed by atoms with Crippen LogP contribution >= 0.6 is 0 Å². The number of halogens is 2. The van der Waals surface area contributed by atoms with E-state index in [9.17, 15) is 22.0 Å². The van der Waals surface area contributed by atoms with E-state index in [0.29, 0.717) is 17.9 Å². The highest BCUT2D eigenvalue weighted by molar-refractivity contribution is 7.90. The number of sulfone groups is 1. The minimum absolute atomic E-state index is 0.0340. The Hall–Kier alpha value is -2.76. The molecular formula is C24H27F2N3O5S. The maximum Gasteiger partial charge on any atom is 0.257 e. The zero-order valence-electron chi connectivity index (χ0n) is 19.6. The smallest absolute Gasteiger partial charge is 0.257 e. The molecule has 2 heterocycles. The van der Waals surface area contributed by atoms with Crippen molar-refractivity contribution in [2.45, 2.75) is 55.8 Å². The highest BCUT2D eigenvalue weighted by atomic mass is 32.2. The van der Waals surface area contributed by atoms with Crippen LogP contribution in [0, 0.1) is 5.92 Å². The largest absolute Gasteiger partial charge is 0.347 e. The molecule has 0 radical (unpaired) electrons. The van der Waals surface area contributed by atoms with Crippen molar-refractivity contribution in [2.24, 2.45) is 5.92 Å². The molecule has 1 aromatic heterocycles. The predicted octanol–water partition coefficient (Wildman–Crippen LogP) is 3.81. The Morgan fingerprint density at radius 3 is 2.29 bits per heavy atom. The Morgan fingerprint density at radius 1 is 1.11 bits per heavy atom. The maximum absolute atomic E-state index is 13.8. The third kappa shape index (κ3) is 6.09. The molecule has 4 rings (SSSR count). The second kappa shape index (κ2) is 9.71. The Bertz CT molecular complexity index is 1210. The first kappa shape index (κ1) is 25.3. The molecule has 1 aromatic carbocycles. The van der Waals surface area contributed by atoms with Crippen molar-refractivity contribution in [3.63, 3.8) is 0 Å². The first-order valence-corrected chi connectivity index (χ1v) is 13.1. The van der Waals surface area contributed by atoms with E-state index in [1.807, 2.05) is 0 Å². The van der Waals surface area contributed by atoms with Crippen molar-refractivity contribution < 1.29 is 31.5 Å². The number of carbonyl (C=O) groups excluding carboxylic acids is 1. The zero-order chi connectivity index (χ0) is 25.4. The molecular weight excluding hydrogens is 480 g/mol. The van der Waals surface area contributed by atoms with E-state index in [4.69, 9.17) is 9.47 Å². The number of hydrogen-bond acceptors (Lipinski definition) is 7. The molecule has 11 heteroatoms. The molecule has 1 unspecified atom stereocenters. The lowest BCUT2D eigenvalue weighted by molar-refractivity contribution is -0.139. The van der Waals surface area contributed by atoms with Gasteiger partial charge in [0.15, 0.2) is 21.4 Å². The summed E-state index contributed by atoms with van der Waals surface area (Å²) in [6.07, 6.45) is 1.86. The Morgan fingerprint density at radius 2 is 1.77 bits per heavy atom. The molecule has 2 aliphatic rings. The van der Waals surface area contributed by atoms with Crippen molar-refractivity contribution in [1.82, 2.24) is 9.97 Å². The number of allylic oxidation sites excluding steroid dienone is 1. The van der Waals surface area contributed by atoms with Gasteiger partial charge in [-0.2, -0.15) is 0 Å². The van der Waals surface area contributed by atoms with Gasteiger partial charge in [0.1, 0.15) is 18.4 Å². The summed E-state index contributed by atoms with van der Waals surface area (Å²) in [5, 5.41) is 2.66. The summed E-state index contributed by atoms with van der Waals surface area (Å²) in [5.74, 6) is -1.58. The van der Waals surface area contributed by atoms with Gasteiger partial charge in [-0.3, -0.25) is 9.78 Å². The lowest BCUT2D eigenvalue weighted by Crippen LogP contribution is -2.20. The van der Waals surface area contributed by atoms with Gasteiger partial charge in [0.2, 0.25) is 0 Å². The molecule has 1 amide bonds. The summed E-state index contributed by atoms with van der Waals surface area (Å²) >= 11 is 0. The zero-order valence-corrected chi connectivity index (χ0v) is 20.4. The average molecular weight is 508 g/mol. The summed E-state index contributed by atoms with van der Waals surface area (Å²) in [6.45, 7) is 3.92. The highest BCUT2D eigenvalue weighted by Gasteiger charge is 2.35. The molecule has 1 saturated heterocycles. The first-order valence-electron chi connectivity index (χ1n) is 11.2. The fourth-order valence-corrected chi connectivity index (χ4v) is 4.74. The molecule has 35 heavy (non-hydrogen) atoms. The second-order valence-electron chi connectivity index (χ2n) is 9.24. The van der Waals surface area contributed by atoms with Gasteiger partial charge in [-0.1, -0.05) is 18.2 Å². The summed E-state index contributed by atoms with van der Waals surface area (Å²) < 4.78 is 62.4. The van der Waals surface area contributed by atoms with Crippen LogP contribution in [-0.2, 0) is 24.1 Å². The Balaban J connectivity index is 1.55. The number of ether oxygens (including phenoxy) is 2. The molecule has 0 bridgehead atoms. The number of benzene rings is 1. The van der Waals surface area contributed by atoms with Crippen molar-refractivity contribution in [3.8, 4) is 0 Å². The number of anilines is 1. The van der Waals surface area contributed by atoms with E-state index >= 15 is 0 Å². The van der Waals surface area contributed by atoms with E-state index < -0.39 is 39.8 Å². The molecule has 1 saturated carbocycles. The van der Waals surface area contributed by atoms with Crippen molar-refractivity contribution >= 4 is 27.1 Å². The highest BCUT2D eigenvalue weighted by Crippen LogP contribution is 2.34. The van der Waals surface area contributed by atoms with Gasteiger partial charge < -0.3 is 14.8 Å². The SMILES string of the molecule is CC1(C)OC[C@H](c2cnc(NC(=O)C(=CC3C[C@@H](F)[C@@H](F)C3)c3ccc(S(C)(=O)=O)cc3)cn2)O1. The predicted molar refractivity (Wildman–Crippen MR) is 125 cm³/mol. The lowest BCUT2D eigenvalue weighted by atomic mass is 9.98. The minimum atomic E-state index is -3.43. The van der Waals surface area contributed by atoms with Crippen molar-refractivity contribution in [2.75, 3.05) is 18.2 Å². The van der Waals surface area contributed by atoms with E-state index in [-0.39, 0.29) is 35.2 Å². The van der Waals surface area contributed by atoms with Gasteiger partial charge >= 0.3 is 0 Å². The van der Waals surface area contributed by atoms with Gasteiger partial charge in [-0.25, -0.2) is 22.2 Å². The van der Waals surface area contributed by atoms with Crippen LogP contribution < -0.4 is 5.32 Å². The molecule has 8 nitrogen and oxygen atoms in total. The van der Waals surface area contributed by atoms with E-state index in [0.717, 1.165) is 6.26 Å². The monoisotopic (exact) mass is 507 g/mol. The fraction of sp³-hybridized carbons (Fsp3) is 0.458. The third-order valence-electron chi connectivity index (χ3n) is 5.94. The van der Waals surface area contributed by atoms with Gasteiger partial charge in [0, 0.05) is 11.8 Å². The maximum atomic E-state index is 13.8. The Kier molecular flexibility index (Phi) is 7.03. The van der Waals surface area contributed by atoms with Crippen LogP contribution in [0.1, 0.15) is 44.1 Å². The van der Waals surface area contributed by atoms with E-state index in [1.165, 1.54) is 42.7 Å². The quantitative estimate of drug-likeness (QED) is 0.593. The van der Waals surface area contributed by atoms with Gasteiger partial charge in [-0.05, 0) is 50.3 Å². The van der Waals surface area contributed by atoms with Gasteiger partial charge in [0.25, 0.3) is 5.91 Å². The summed E-state index contributed by atoms with van der Waals surface area (Å²) in [6, 6.07) is 5.75. The Labute approximate surface area is 202 Å². The van der Waals surface area contributed by atoms with Crippen LogP contribution in [0.4, 0.5) is 14.6 Å². The van der Waals surface area contributed by atoms with Crippen LogP contribution in [0.15, 0.2) is 47.6 Å². The standard InChI is InChI=1S/C24H27F2N3O5S/c1-24(2)33-13-21(34-24)20-11-28-22(12-27-20)29-23(30)17(8-14-9-18(25)19(26)10-14)15-4-6-16(7-5-15)35(3,31)32/h4-8,11-12,14,18-19,21H,9-10,13H2,1-3H3,(H,28,29,30)/t14?,18-,19+,21-/m1/s1. The topological polar surface area (TPSA) is 107 Å². The minimum Gasteiger partial charge on any atom is -0.347 e. The van der Waals surface area contributed by atoms with E-state index in [2.05, 4.69) is 15.3 Å². The molecule has 1 aliphatic carbocycles.